The number of hydrogen-bond acceptors (Lipinski definition) is 6. The molecule has 1 saturated carbocycles. The summed E-state index contributed by atoms with van der Waals surface area (Å²) in [6.45, 7) is 6.56. The van der Waals surface area contributed by atoms with Gasteiger partial charge in [-0.25, -0.2) is 9.97 Å². The Morgan fingerprint density at radius 1 is 1.33 bits per heavy atom. The van der Waals surface area contributed by atoms with E-state index in [0.717, 1.165) is 45.9 Å². The Balaban J connectivity index is 1.53. The predicted octanol–water partition coefficient (Wildman–Crippen LogP) is 4.89. The molecule has 33 heavy (non-hydrogen) atoms. The van der Waals surface area contributed by atoms with Crippen LogP contribution in [-0.4, -0.2) is 46.9 Å². The summed E-state index contributed by atoms with van der Waals surface area (Å²) < 4.78 is 13.7. The molecule has 7 heteroatoms. The topological polar surface area (TPSA) is 73.0 Å². The molecule has 2 aliphatic carbocycles. The number of nitrogens with one attached hydrogen (secondary N) is 1. The third-order valence-corrected chi connectivity index (χ3v) is 6.18. The number of ether oxygens (including phenoxy) is 2. The minimum Gasteiger partial charge on any atom is -0.498 e. The summed E-state index contributed by atoms with van der Waals surface area (Å²) in [5.74, 6) is 1.83. The van der Waals surface area contributed by atoms with E-state index in [2.05, 4.69) is 27.9 Å². The quantitative estimate of drug-likeness (QED) is 0.504. The SMILES string of the molecule is C=Cc1ccc(Nc2nc(C3=CC4CC4(OCC)C(OC)=C3)cc3nccn23)cc1C=NC. The zero-order valence-corrected chi connectivity index (χ0v) is 19.1. The molecule has 7 nitrogen and oxygen atoms in total. The van der Waals surface area contributed by atoms with Gasteiger partial charge in [-0.2, -0.15) is 0 Å². The molecule has 0 radical (unpaired) electrons. The monoisotopic (exact) mass is 441 g/mol. The van der Waals surface area contributed by atoms with Gasteiger partial charge in [-0.1, -0.05) is 24.8 Å². The molecule has 2 aromatic heterocycles. The molecule has 1 fully saturated rings. The van der Waals surface area contributed by atoms with Crippen LogP contribution in [0.3, 0.4) is 0 Å². The first kappa shape index (κ1) is 21.2. The highest BCUT2D eigenvalue weighted by Crippen LogP contribution is 2.57. The molecule has 0 aliphatic heterocycles. The first-order chi connectivity index (χ1) is 16.1. The summed E-state index contributed by atoms with van der Waals surface area (Å²) in [6.07, 6.45) is 12.5. The van der Waals surface area contributed by atoms with Crippen LogP contribution in [0.2, 0.25) is 0 Å². The van der Waals surface area contributed by atoms with Crippen molar-refractivity contribution in [2.75, 3.05) is 26.1 Å². The lowest BCUT2D eigenvalue weighted by Gasteiger charge is -2.23. The standard InChI is InChI=1S/C26H27N5O2/c1-5-17-7-8-21(12-19(17)16-27-3)29-25-30-22(14-24-28-9-10-31(24)25)18-11-20-15-26(20,33-6-2)23(13-18)32-4/h5,7-14,16,20H,1,6,15H2,2-4H3,(H,29,30). The van der Waals surface area contributed by atoms with E-state index in [0.29, 0.717) is 18.5 Å². The summed E-state index contributed by atoms with van der Waals surface area (Å²) in [6, 6.07) is 8.04. The number of allylic oxidation sites excluding steroid dienone is 2. The molecule has 2 aliphatic rings. The normalized spacial score (nSPS) is 21.5. The van der Waals surface area contributed by atoms with Crippen molar-refractivity contribution in [2.24, 2.45) is 10.9 Å². The van der Waals surface area contributed by atoms with Crippen LogP contribution < -0.4 is 5.32 Å². The lowest BCUT2D eigenvalue weighted by atomic mass is 10.0. The van der Waals surface area contributed by atoms with Crippen molar-refractivity contribution in [2.45, 2.75) is 18.9 Å². The third kappa shape index (κ3) is 3.64. The molecule has 0 saturated heterocycles. The Morgan fingerprint density at radius 3 is 2.97 bits per heavy atom. The van der Waals surface area contributed by atoms with Gasteiger partial charge in [0.15, 0.2) is 0 Å². The van der Waals surface area contributed by atoms with E-state index in [1.54, 1.807) is 20.4 Å². The first-order valence-electron chi connectivity index (χ1n) is 11.0. The molecule has 0 spiro atoms. The first-order valence-corrected chi connectivity index (χ1v) is 11.0. The number of hydrogen-bond donors (Lipinski definition) is 1. The number of imidazole rings is 1. The summed E-state index contributed by atoms with van der Waals surface area (Å²) in [4.78, 5) is 13.6. The molecule has 0 bridgehead atoms. The molecule has 1 aromatic carbocycles. The predicted molar refractivity (Wildman–Crippen MR) is 132 cm³/mol. The largest absolute Gasteiger partial charge is 0.498 e. The maximum atomic E-state index is 6.04. The highest BCUT2D eigenvalue weighted by molar-refractivity contribution is 5.87. The van der Waals surface area contributed by atoms with Gasteiger partial charge in [0, 0.05) is 61.1 Å². The second-order valence-electron chi connectivity index (χ2n) is 8.15. The van der Waals surface area contributed by atoms with Gasteiger partial charge in [-0.3, -0.25) is 9.39 Å². The fourth-order valence-corrected chi connectivity index (χ4v) is 4.54. The Labute approximate surface area is 193 Å². The second-order valence-corrected chi connectivity index (χ2v) is 8.15. The highest BCUT2D eigenvalue weighted by atomic mass is 16.5. The molecular formula is C26H27N5O2. The van der Waals surface area contributed by atoms with Crippen molar-refractivity contribution >= 4 is 35.1 Å². The number of aromatic nitrogens is 3. The average Bonchev–Trinajstić information content (AvgIpc) is 3.33. The highest BCUT2D eigenvalue weighted by Gasteiger charge is 2.60. The van der Waals surface area contributed by atoms with Gasteiger partial charge in [0.25, 0.3) is 0 Å². The number of aliphatic imine (C=N–C) groups is 1. The number of fused-ring (bicyclic) bond motifs is 2. The van der Waals surface area contributed by atoms with Crippen molar-refractivity contribution in [1.29, 1.82) is 0 Å². The van der Waals surface area contributed by atoms with E-state index < -0.39 is 0 Å². The van der Waals surface area contributed by atoms with Crippen LogP contribution in [0.1, 0.15) is 30.2 Å². The maximum Gasteiger partial charge on any atom is 0.213 e. The van der Waals surface area contributed by atoms with Gasteiger partial charge in [-0.05, 0) is 37.1 Å². The Kier molecular flexibility index (Phi) is 5.34. The van der Waals surface area contributed by atoms with Crippen LogP contribution in [0.4, 0.5) is 11.6 Å². The molecule has 0 amide bonds. The van der Waals surface area contributed by atoms with E-state index in [9.17, 15) is 0 Å². The van der Waals surface area contributed by atoms with Gasteiger partial charge in [0.2, 0.25) is 5.95 Å². The smallest absolute Gasteiger partial charge is 0.213 e. The zero-order valence-electron chi connectivity index (χ0n) is 19.1. The molecule has 2 unspecified atom stereocenters. The van der Waals surface area contributed by atoms with Crippen molar-refractivity contribution in [1.82, 2.24) is 14.4 Å². The summed E-state index contributed by atoms with van der Waals surface area (Å²) in [7, 11) is 3.46. The Hall–Kier alpha value is -3.71. The van der Waals surface area contributed by atoms with E-state index in [4.69, 9.17) is 14.5 Å². The Morgan fingerprint density at radius 2 is 2.21 bits per heavy atom. The van der Waals surface area contributed by atoms with Crippen LogP contribution in [-0.2, 0) is 9.47 Å². The molecule has 1 N–H and O–H groups in total. The van der Waals surface area contributed by atoms with Crippen molar-refractivity contribution in [3.63, 3.8) is 0 Å². The average molecular weight is 442 g/mol. The summed E-state index contributed by atoms with van der Waals surface area (Å²) in [5, 5.41) is 3.45. The van der Waals surface area contributed by atoms with Gasteiger partial charge in [0.05, 0.1) is 12.8 Å². The van der Waals surface area contributed by atoms with Crippen molar-refractivity contribution < 1.29 is 9.47 Å². The van der Waals surface area contributed by atoms with Crippen LogP contribution in [0.15, 0.2) is 66.1 Å². The van der Waals surface area contributed by atoms with E-state index in [-0.39, 0.29) is 5.60 Å². The molecule has 3 aromatic rings. The van der Waals surface area contributed by atoms with Crippen molar-refractivity contribution in [3.05, 3.63) is 78.0 Å². The molecule has 2 heterocycles. The van der Waals surface area contributed by atoms with Crippen LogP contribution in [0.5, 0.6) is 0 Å². The molecular weight excluding hydrogens is 414 g/mol. The third-order valence-electron chi connectivity index (χ3n) is 6.18. The zero-order chi connectivity index (χ0) is 23.0. The minimum atomic E-state index is -0.310. The van der Waals surface area contributed by atoms with Gasteiger partial charge >= 0.3 is 0 Å². The molecule has 5 rings (SSSR count). The number of nitrogens with zero attached hydrogens (tertiary/aromatic N) is 4. The van der Waals surface area contributed by atoms with E-state index in [1.807, 2.05) is 60.2 Å². The Bertz CT molecular complexity index is 1320. The van der Waals surface area contributed by atoms with Crippen LogP contribution >= 0.6 is 0 Å². The number of rotatable bonds is 8. The van der Waals surface area contributed by atoms with Crippen LogP contribution in [0.25, 0.3) is 17.3 Å². The maximum absolute atomic E-state index is 6.04. The van der Waals surface area contributed by atoms with E-state index in [1.165, 1.54) is 0 Å². The number of benzene rings is 1. The lowest BCUT2D eigenvalue weighted by molar-refractivity contribution is 0.0206. The molecule has 2 atom stereocenters. The van der Waals surface area contributed by atoms with Gasteiger partial charge < -0.3 is 14.8 Å². The minimum absolute atomic E-state index is 0.295. The summed E-state index contributed by atoms with van der Waals surface area (Å²) in [5.41, 5.74) is 5.26. The van der Waals surface area contributed by atoms with E-state index >= 15 is 0 Å². The fraction of sp³-hybridized carbons (Fsp3) is 0.269. The van der Waals surface area contributed by atoms with Gasteiger partial charge in [-0.15, -0.1) is 0 Å². The summed E-state index contributed by atoms with van der Waals surface area (Å²) >= 11 is 0. The lowest BCUT2D eigenvalue weighted by Crippen LogP contribution is -2.23. The van der Waals surface area contributed by atoms with Crippen molar-refractivity contribution in [3.8, 4) is 0 Å². The fourth-order valence-electron chi connectivity index (χ4n) is 4.54. The number of anilines is 2. The molecule has 168 valence electrons. The van der Waals surface area contributed by atoms with Crippen LogP contribution in [0, 0.1) is 5.92 Å². The number of methoxy groups -OCH3 is 1. The second kappa shape index (κ2) is 8.33. The van der Waals surface area contributed by atoms with Gasteiger partial charge in [0.1, 0.15) is 17.0 Å².